The fraction of sp³-hybridized carbons (Fsp3) is 0.400. The molecule has 4 rings (SSSR count). The molecule has 2 aromatic rings. The molecular formula is C20H25BN2O. The van der Waals surface area contributed by atoms with Gasteiger partial charge < -0.3 is 14.9 Å². The van der Waals surface area contributed by atoms with Crippen molar-refractivity contribution in [3.05, 3.63) is 47.0 Å². The summed E-state index contributed by atoms with van der Waals surface area (Å²) in [6, 6.07) is 11.0. The van der Waals surface area contributed by atoms with Crippen molar-refractivity contribution in [1.29, 1.82) is 0 Å². The maximum absolute atomic E-state index is 5.49. The van der Waals surface area contributed by atoms with Gasteiger partial charge in [-0.15, -0.1) is 0 Å². The molecule has 0 atom stereocenters. The molecule has 0 spiro atoms. The van der Waals surface area contributed by atoms with Crippen molar-refractivity contribution in [2.24, 2.45) is 0 Å². The van der Waals surface area contributed by atoms with Crippen LogP contribution in [0.2, 0.25) is 0 Å². The molecule has 2 aromatic carbocycles. The first-order valence-corrected chi connectivity index (χ1v) is 9.02. The smallest absolute Gasteiger partial charge is 0.217 e. The number of nitrogens with one attached hydrogen (secondary N) is 1. The van der Waals surface area contributed by atoms with E-state index in [1.807, 2.05) is 6.07 Å². The molecule has 2 aliphatic heterocycles. The lowest BCUT2D eigenvalue weighted by Crippen LogP contribution is -2.28. The van der Waals surface area contributed by atoms with Crippen LogP contribution in [0.1, 0.15) is 23.1 Å². The fourth-order valence-electron chi connectivity index (χ4n) is 4.23. The van der Waals surface area contributed by atoms with E-state index in [0.717, 1.165) is 38.2 Å². The van der Waals surface area contributed by atoms with Crippen molar-refractivity contribution in [2.75, 3.05) is 31.6 Å². The van der Waals surface area contributed by atoms with E-state index in [1.165, 1.54) is 46.3 Å². The third-order valence-electron chi connectivity index (χ3n) is 5.38. The number of nitrogens with zero attached hydrogens (tertiary/aromatic N) is 1. The molecule has 24 heavy (non-hydrogen) atoms. The third kappa shape index (κ3) is 2.69. The Bertz CT molecular complexity index is 760. The highest BCUT2D eigenvalue weighted by molar-refractivity contribution is 6.20. The van der Waals surface area contributed by atoms with Crippen LogP contribution in [-0.2, 0) is 19.3 Å². The van der Waals surface area contributed by atoms with Crippen molar-refractivity contribution in [3.63, 3.8) is 0 Å². The quantitative estimate of drug-likeness (QED) is 0.860. The summed E-state index contributed by atoms with van der Waals surface area (Å²) < 4.78 is 5.49. The SMILES string of the molecule is BN1CCCc2cc3c(c(-c4cccc(OC)c4)c21)CCNCC3. The molecule has 0 aromatic heterocycles. The standard InChI is InChI=1S/C20H25BN2O/c1-24-17-6-2-4-15(13-17)19-18-8-10-22-9-7-14(18)12-16-5-3-11-23(21)20(16)19/h2,4,6,12-13,22H,3,5,7-11,21H2,1H3. The zero-order chi connectivity index (χ0) is 16.5. The summed E-state index contributed by atoms with van der Waals surface area (Å²) in [5.41, 5.74) is 8.75. The molecule has 2 aliphatic rings. The molecule has 0 fully saturated rings. The molecule has 3 nitrogen and oxygen atoms in total. The summed E-state index contributed by atoms with van der Waals surface area (Å²) >= 11 is 0. The highest BCUT2D eigenvalue weighted by Crippen LogP contribution is 2.42. The third-order valence-corrected chi connectivity index (χ3v) is 5.38. The van der Waals surface area contributed by atoms with E-state index in [1.54, 1.807) is 7.11 Å². The first-order valence-electron chi connectivity index (χ1n) is 9.02. The Balaban J connectivity index is 1.98. The van der Waals surface area contributed by atoms with Gasteiger partial charge in [0.1, 0.15) is 5.75 Å². The monoisotopic (exact) mass is 320 g/mol. The first kappa shape index (κ1) is 15.6. The van der Waals surface area contributed by atoms with E-state index >= 15 is 0 Å². The second kappa shape index (κ2) is 6.52. The lowest BCUT2D eigenvalue weighted by atomic mass is 9.84. The van der Waals surface area contributed by atoms with Gasteiger partial charge in [0, 0.05) is 17.8 Å². The Hall–Kier alpha value is -1.94. The van der Waals surface area contributed by atoms with Crippen LogP contribution in [0.5, 0.6) is 5.75 Å². The summed E-state index contributed by atoms with van der Waals surface area (Å²) in [7, 11) is 3.99. The highest BCUT2D eigenvalue weighted by Gasteiger charge is 2.24. The average Bonchev–Trinajstić information content (AvgIpc) is 2.85. The molecule has 124 valence electrons. The van der Waals surface area contributed by atoms with E-state index in [4.69, 9.17) is 4.74 Å². The Labute approximate surface area is 145 Å². The van der Waals surface area contributed by atoms with Gasteiger partial charge in [0.15, 0.2) is 0 Å². The molecule has 1 N–H and O–H groups in total. The number of fused-ring (bicyclic) bond motifs is 2. The van der Waals surface area contributed by atoms with Gasteiger partial charge in [-0.2, -0.15) is 0 Å². The van der Waals surface area contributed by atoms with Crippen LogP contribution in [-0.4, -0.2) is 34.7 Å². The maximum Gasteiger partial charge on any atom is 0.217 e. The van der Waals surface area contributed by atoms with E-state index in [0.29, 0.717) is 0 Å². The maximum atomic E-state index is 5.49. The van der Waals surface area contributed by atoms with Crippen LogP contribution in [0.25, 0.3) is 11.1 Å². The second-order valence-corrected chi connectivity index (χ2v) is 6.90. The largest absolute Gasteiger partial charge is 0.497 e. The van der Waals surface area contributed by atoms with Crippen molar-refractivity contribution in [2.45, 2.75) is 25.7 Å². The highest BCUT2D eigenvalue weighted by atomic mass is 16.5. The molecular weight excluding hydrogens is 295 g/mol. The van der Waals surface area contributed by atoms with Gasteiger partial charge in [-0.25, -0.2) is 0 Å². The van der Waals surface area contributed by atoms with E-state index in [-0.39, 0.29) is 0 Å². The van der Waals surface area contributed by atoms with Crippen molar-refractivity contribution in [1.82, 2.24) is 5.32 Å². The van der Waals surface area contributed by atoms with Crippen LogP contribution in [0.3, 0.4) is 0 Å². The molecule has 0 unspecified atom stereocenters. The summed E-state index contributed by atoms with van der Waals surface area (Å²) in [6.07, 6.45) is 4.67. The zero-order valence-corrected chi connectivity index (χ0v) is 14.7. The molecule has 0 amide bonds. The number of anilines is 1. The topological polar surface area (TPSA) is 24.5 Å². The van der Waals surface area contributed by atoms with Gasteiger partial charge in [0.25, 0.3) is 0 Å². The number of hydrogen-bond donors (Lipinski definition) is 1. The van der Waals surface area contributed by atoms with Crippen LogP contribution in [0.15, 0.2) is 30.3 Å². The van der Waals surface area contributed by atoms with Gasteiger partial charge in [0.2, 0.25) is 7.98 Å². The number of methoxy groups -OCH3 is 1. The van der Waals surface area contributed by atoms with Gasteiger partial charge >= 0.3 is 0 Å². The minimum atomic E-state index is 0.934. The van der Waals surface area contributed by atoms with Gasteiger partial charge in [-0.3, -0.25) is 0 Å². The minimum absolute atomic E-state index is 0.934. The van der Waals surface area contributed by atoms with Crippen molar-refractivity contribution < 1.29 is 4.74 Å². The van der Waals surface area contributed by atoms with Gasteiger partial charge in [-0.05, 0) is 73.2 Å². The number of hydrogen-bond acceptors (Lipinski definition) is 3. The molecule has 0 radical (unpaired) electrons. The normalized spacial score (nSPS) is 17.0. The molecule has 0 bridgehead atoms. The number of benzene rings is 2. The summed E-state index contributed by atoms with van der Waals surface area (Å²) in [5.74, 6) is 0.934. The molecule has 4 heteroatoms. The Morgan fingerprint density at radius 1 is 1.08 bits per heavy atom. The number of rotatable bonds is 2. The predicted molar refractivity (Wildman–Crippen MR) is 103 cm³/mol. The van der Waals surface area contributed by atoms with Crippen LogP contribution >= 0.6 is 0 Å². The summed E-state index contributed by atoms with van der Waals surface area (Å²) in [6.45, 7) is 3.28. The van der Waals surface area contributed by atoms with Crippen LogP contribution in [0, 0.1) is 0 Å². The lowest BCUT2D eigenvalue weighted by Gasteiger charge is -2.33. The minimum Gasteiger partial charge on any atom is -0.497 e. The summed E-state index contributed by atoms with van der Waals surface area (Å²) in [5, 5.41) is 3.56. The van der Waals surface area contributed by atoms with E-state index in [2.05, 4.69) is 42.4 Å². The Morgan fingerprint density at radius 2 is 1.96 bits per heavy atom. The Morgan fingerprint density at radius 3 is 2.83 bits per heavy atom. The van der Waals surface area contributed by atoms with E-state index in [9.17, 15) is 0 Å². The fourth-order valence-corrected chi connectivity index (χ4v) is 4.23. The predicted octanol–water partition coefficient (Wildman–Crippen LogP) is 2.35. The van der Waals surface area contributed by atoms with Crippen LogP contribution in [0.4, 0.5) is 5.69 Å². The first-order chi connectivity index (χ1) is 11.8. The molecule has 2 heterocycles. The van der Waals surface area contributed by atoms with E-state index < -0.39 is 0 Å². The van der Waals surface area contributed by atoms with Gasteiger partial charge in [0.05, 0.1) is 7.11 Å². The number of ether oxygens (including phenoxy) is 1. The van der Waals surface area contributed by atoms with Crippen LogP contribution < -0.4 is 14.9 Å². The van der Waals surface area contributed by atoms with Crippen molar-refractivity contribution >= 4 is 13.7 Å². The van der Waals surface area contributed by atoms with Gasteiger partial charge in [-0.1, -0.05) is 18.2 Å². The second-order valence-electron chi connectivity index (χ2n) is 6.90. The Kier molecular flexibility index (Phi) is 4.23. The van der Waals surface area contributed by atoms with Crippen molar-refractivity contribution in [3.8, 4) is 16.9 Å². The molecule has 0 saturated heterocycles. The average molecular weight is 320 g/mol. The molecule has 0 aliphatic carbocycles. The molecule has 0 saturated carbocycles. The number of aryl methyl sites for hydroxylation is 1. The summed E-state index contributed by atoms with van der Waals surface area (Å²) in [4.78, 5) is 2.45. The zero-order valence-electron chi connectivity index (χ0n) is 14.7. The lowest BCUT2D eigenvalue weighted by molar-refractivity contribution is 0.415.